The van der Waals surface area contributed by atoms with E-state index in [0.717, 1.165) is 0 Å². The Morgan fingerprint density at radius 2 is 1.94 bits per heavy atom. The van der Waals surface area contributed by atoms with Gasteiger partial charge in [0.05, 0.1) is 6.54 Å². The molecule has 0 aliphatic rings. The Kier molecular flexibility index (Phi) is 2.84. The van der Waals surface area contributed by atoms with Crippen molar-refractivity contribution < 1.29 is 26.7 Å². The Bertz CT molecular complexity index is 398. The third kappa shape index (κ3) is 2.25. The number of nitrogens with two attached hydrogens (primary N) is 1. The van der Waals surface area contributed by atoms with Gasteiger partial charge in [-0.25, -0.2) is 0 Å². The van der Waals surface area contributed by atoms with E-state index in [4.69, 9.17) is 5.73 Å². The maximum absolute atomic E-state index is 12.6. The molecule has 5 nitrogen and oxygen atoms in total. The highest BCUT2D eigenvalue weighted by atomic mass is 19.4. The van der Waals surface area contributed by atoms with Crippen molar-refractivity contribution in [3.05, 3.63) is 12.2 Å². The molecule has 16 heavy (non-hydrogen) atoms. The number of carbonyl (C=O) groups excluding carboxylic acids is 1. The van der Waals surface area contributed by atoms with Gasteiger partial charge in [0, 0.05) is 0 Å². The van der Waals surface area contributed by atoms with Crippen LogP contribution in [0, 0.1) is 0 Å². The summed E-state index contributed by atoms with van der Waals surface area (Å²) in [5, 5.41) is 6.04. The second-order valence-electron chi connectivity index (χ2n) is 2.85. The first kappa shape index (κ1) is 12.3. The van der Waals surface area contributed by atoms with Crippen molar-refractivity contribution in [1.82, 2.24) is 14.8 Å². The number of amides is 1. The fourth-order valence-electron chi connectivity index (χ4n) is 0.865. The zero-order valence-corrected chi connectivity index (χ0v) is 7.50. The van der Waals surface area contributed by atoms with Crippen LogP contribution in [0.2, 0.25) is 0 Å². The van der Waals surface area contributed by atoms with E-state index in [1.807, 2.05) is 0 Å². The second kappa shape index (κ2) is 3.68. The Morgan fingerprint density at radius 1 is 1.38 bits per heavy atom. The number of rotatable bonds is 3. The molecule has 0 radical (unpaired) electrons. The average molecular weight is 244 g/mol. The summed E-state index contributed by atoms with van der Waals surface area (Å²) in [4.78, 5) is 10.6. The lowest BCUT2D eigenvalue weighted by molar-refractivity contribution is -0.286. The predicted molar refractivity (Wildman–Crippen MR) is 39.5 cm³/mol. The molecule has 0 saturated heterocycles. The SMILES string of the molecule is NC(=O)c1nncn1CC(F)(F)C(F)(F)F. The predicted octanol–water partition coefficient (Wildman–Crippen LogP) is 0.575. The molecule has 10 heteroatoms. The number of carbonyl (C=O) groups is 1. The third-order valence-corrected chi connectivity index (χ3v) is 1.62. The van der Waals surface area contributed by atoms with Gasteiger partial charge in [-0.05, 0) is 0 Å². The lowest BCUT2D eigenvalue weighted by atomic mass is 10.3. The van der Waals surface area contributed by atoms with Crippen LogP contribution in [0.5, 0.6) is 0 Å². The number of nitrogens with zero attached hydrogens (tertiary/aromatic N) is 3. The van der Waals surface area contributed by atoms with Crippen LogP contribution in [0.1, 0.15) is 10.6 Å². The number of hydrogen-bond acceptors (Lipinski definition) is 3. The van der Waals surface area contributed by atoms with Gasteiger partial charge >= 0.3 is 12.1 Å². The van der Waals surface area contributed by atoms with Crippen LogP contribution in [-0.4, -0.2) is 32.8 Å². The summed E-state index contributed by atoms with van der Waals surface area (Å²) in [6, 6.07) is 0. The van der Waals surface area contributed by atoms with Crippen molar-refractivity contribution in [3.8, 4) is 0 Å². The van der Waals surface area contributed by atoms with E-state index in [1.54, 1.807) is 0 Å². The number of alkyl halides is 5. The molecule has 1 amide bonds. The Labute approximate surface area is 85.0 Å². The van der Waals surface area contributed by atoms with Gasteiger partial charge in [0.25, 0.3) is 5.91 Å². The van der Waals surface area contributed by atoms with Gasteiger partial charge < -0.3 is 10.3 Å². The number of halogens is 5. The van der Waals surface area contributed by atoms with Crippen LogP contribution < -0.4 is 5.73 Å². The van der Waals surface area contributed by atoms with Gasteiger partial charge in [-0.3, -0.25) is 4.79 Å². The van der Waals surface area contributed by atoms with Crippen LogP contribution in [-0.2, 0) is 6.54 Å². The zero-order valence-electron chi connectivity index (χ0n) is 7.50. The van der Waals surface area contributed by atoms with Gasteiger partial charge in [0.15, 0.2) is 0 Å². The van der Waals surface area contributed by atoms with Crippen LogP contribution >= 0.6 is 0 Å². The largest absolute Gasteiger partial charge is 0.455 e. The summed E-state index contributed by atoms with van der Waals surface area (Å²) in [5.41, 5.74) is 4.70. The second-order valence-corrected chi connectivity index (χ2v) is 2.85. The highest BCUT2D eigenvalue weighted by molar-refractivity contribution is 5.88. The van der Waals surface area contributed by atoms with Crippen LogP contribution in [0.25, 0.3) is 0 Å². The van der Waals surface area contributed by atoms with E-state index in [2.05, 4.69) is 10.2 Å². The van der Waals surface area contributed by atoms with E-state index < -0.39 is 30.4 Å². The van der Waals surface area contributed by atoms with E-state index in [0.29, 0.717) is 6.33 Å². The molecule has 1 aromatic heterocycles. The topological polar surface area (TPSA) is 73.8 Å². The summed E-state index contributed by atoms with van der Waals surface area (Å²) in [5.74, 6) is -6.99. The highest BCUT2D eigenvalue weighted by Gasteiger charge is 2.57. The zero-order chi connectivity index (χ0) is 12.6. The smallest absolute Gasteiger partial charge is 0.363 e. The van der Waals surface area contributed by atoms with E-state index >= 15 is 0 Å². The van der Waals surface area contributed by atoms with Gasteiger partial charge in [0.2, 0.25) is 5.82 Å². The first-order chi connectivity index (χ1) is 7.15. The van der Waals surface area contributed by atoms with Crippen molar-refractivity contribution in [2.75, 3.05) is 0 Å². The molecule has 90 valence electrons. The van der Waals surface area contributed by atoms with Crippen molar-refractivity contribution in [2.45, 2.75) is 18.6 Å². The van der Waals surface area contributed by atoms with E-state index in [1.165, 1.54) is 0 Å². The van der Waals surface area contributed by atoms with Crippen molar-refractivity contribution >= 4 is 5.91 Å². The van der Waals surface area contributed by atoms with Crippen molar-refractivity contribution in [2.24, 2.45) is 5.73 Å². The van der Waals surface area contributed by atoms with Gasteiger partial charge in [-0.1, -0.05) is 0 Å². The molecule has 0 aliphatic carbocycles. The number of aromatic nitrogens is 3. The summed E-state index contributed by atoms with van der Waals surface area (Å²) >= 11 is 0. The molecule has 1 rings (SSSR count). The van der Waals surface area contributed by atoms with Gasteiger partial charge in [-0.15, -0.1) is 10.2 Å². The summed E-state index contributed by atoms with van der Waals surface area (Å²) in [6.07, 6.45) is -5.15. The highest BCUT2D eigenvalue weighted by Crippen LogP contribution is 2.36. The summed E-state index contributed by atoms with van der Waals surface area (Å²) in [7, 11) is 0. The fraction of sp³-hybridized carbons (Fsp3) is 0.500. The molecule has 0 bridgehead atoms. The van der Waals surface area contributed by atoms with Gasteiger partial charge in [0.1, 0.15) is 6.33 Å². The lowest BCUT2D eigenvalue weighted by Gasteiger charge is -2.19. The monoisotopic (exact) mass is 244 g/mol. The normalized spacial score (nSPS) is 12.8. The standard InChI is InChI=1S/C6H5F5N4O/c7-5(8,6(9,10)11)1-15-2-13-14-4(15)3(12)16/h2H,1H2,(H2,12,16). The third-order valence-electron chi connectivity index (χ3n) is 1.62. The van der Waals surface area contributed by atoms with E-state index in [9.17, 15) is 26.7 Å². The Hall–Kier alpha value is -1.74. The van der Waals surface area contributed by atoms with E-state index in [-0.39, 0.29) is 4.57 Å². The molecule has 0 unspecified atom stereocenters. The Balaban J connectivity index is 2.97. The molecule has 0 spiro atoms. The lowest BCUT2D eigenvalue weighted by Crippen LogP contribution is -2.41. The van der Waals surface area contributed by atoms with Crippen LogP contribution in [0.4, 0.5) is 22.0 Å². The maximum Gasteiger partial charge on any atom is 0.455 e. The van der Waals surface area contributed by atoms with Crippen LogP contribution in [0.15, 0.2) is 6.33 Å². The number of primary amides is 1. The van der Waals surface area contributed by atoms with Gasteiger partial charge in [-0.2, -0.15) is 22.0 Å². The molecule has 1 aromatic rings. The minimum atomic E-state index is -5.72. The maximum atomic E-state index is 12.6. The molecular weight excluding hydrogens is 239 g/mol. The first-order valence-electron chi connectivity index (χ1n) is 3.77. The Morgan fingerprint density at radius 3 is 2.38 bits per heavy atom. The average Bonchev–Trinajstić information content (AvgIpc) is 2.49. The van der Waals surface area contributed by atoms with Crippen LogP contribution in [0.3, 0.4) is 0 Å². The van der Waals surface area contributed by atoms with Crippen molar-refractivity contribution in [3.63, 3.8) is 0 Å². The molecule has 0 atom stereocenters. The quantitative estimate of drug-likeness (QED) is 0.790. The minimum Gasteiger partial charge on any atom is -0.363 e. The molecule has 0 saturated carbocycles. The molecule has 2 N–H and O–H groups in total. The van der Waals surface area contributed by atoms with Crippen molar-refractivity contribution in [1.29, 1.82) is 0 Å². The molecule has 1 heterocycles. The molecular formula is C6H5F5N4O. The first-order valence-corrected chi connectivity index (χ1v) is 3.77. The minimum absolute atomic E-state index is 0.246. The number of hydrogen-bond donors (Lipinski definition) is 1. The molecule has 0 aromatic carbocycles. The molecule has 0 fully saturated rings. The summed E-state index contributed by atoms with van der Waals surface area (Å²) in [6.45, 7) is -1.79. The summed E-state index contributed by atoms with van der Waals surface area (Å²) < 4.78 is 60.9. The fourth-order valence-corrected chi connectivity index (χ4v) is 0.865. The molecule has 0 aliphatic heterocycles.